The molecule has 5 heteroatoms. The summed E-state index contributed by atoms with van der Waals surface area (Å²) in [5.74, 6) is 0.799. The molecule has 2 N–H and O–H groups in total. The number of aliphatic hydroxyl groups is 2. The maximum atomic E-state index is 11.4. The van der Waals surface area contributed by atoms with Gasteiger partial charge >= 0.3 is 0 Å². The summed E-state index contributed by atoms with van der Waals surface area (Å²) in [6.45, 7) is 3.39. The number of aliphatic hydroxyl groups excluding tert-OH is 1. The molecule has 0 saturated carbocycles. The van der Waals surface area contributed by atoms with E-state index < -0.39 is 5.60 Å². The van der Waals surface area contributed by atoms with Crippen molar-refractivity contribution < 1.29 is 15.0 Å². The summed E-state index contributed by atoms with van der Waals surface area (Å²) in [5.41, 5.74) is -0.865. The lowest BCUT2D eigenvalue weighted by molar-refractivity contribution is -0.133. The molecule has 0 aliphatic carbocycles. The molecular weight excluding hydrogens is 232 g/mol. The maximum Gasteiger partial charge on any atom is 0.222 e. The smallest absolute Gasteiger partial charge is 0.222 e. The molecular formula is C13H24N2O3. The summed E-state index contributed by atoms with van der Waals surface area (Å²) in [7, 11) is 1.87. The van der Waals surface area contributed by atoms with Crippen LogP contribution in [0.1, 0.15) is 25.7 Å². The highest BCUT2D eigenvalue weighted by molar-refractivity contribution is 5.76. The Kier molecular flexibility index (Phi) is 4.25. The van der Waals surface area contributed by atoms with Crippen LogP contribution in [0.2, 0.25) is 0 Å². The zero-order valence-electron chi connectivity index (χ0n) is 11.1. The number of likely N-dealkylation sites (tertiary alicyclic amines) is 2. The van der Waals surface area contributed by atoms with E-state index in [9.17, 15) is 9.90 Å². The Morgan fingerprint density at radius 3 is 2.61 bits per heavy atom. The molecule has 2 fully saturated rings. The highest BCUT2D eigenvalue weighted by Crippen LogP contribution is 2.24. The lowest BCUT2D eigenvalue weighted by Crippen LogP contribution is -2.49. The molecule has 1 amide bonds. The molecule has 2 saturated heterocycles. The van der Waals surface area contributed by atoms with Crippen LogP contribution in [-0.4, -0.2) is 71.4 Å². The number of hydrogen-bond donors (Lipinski definition) is 2. The molecule has 1 atom stereocenters. The van der Waals surface area contributed by atoms with E-state index in [2.05, 4.69) is 4.90 Å². The molecule has 1 unspecified atom stereocenters. The van der Waals surface area contributed by atoms with Gasteiger partial charge in [-0.15, -0.1) is 0 Å². The first-order valence-electron chi connectivity index (χ1n) is 6.82. The van der Waals surface area contributed by atoms with E-state index >= 15 is 0 Å². The third-order valence-corrected chi connectivity index (χ3v) is 4.32. The molecule has 2 aliphatic rings. The lowest BCUT2D eigenvalue weighted by Gasteiger charge is -2.40. The summed E-state index contributed by atoms with van der Waals surface area (Å²) in [4.78, 5) is 15.6. The normalized spacial score (nSPS) is 29.6. The Labute approximate surface area is 108 Å². The number of carbonyl (C=O) groups is 1. The van der Waals surface area contributed by atoms with Crippen LogP contribution in [0.25, 0.3) is 0 Å². The SMILES string of the molecule is CN1CC(CN2CCC(O)(CO)CC2)CCC1=O. The van der Waals surface area contributed by atoms with Gasteiger partial charge in [0.25, 0.3) is 0 Å². The van der Waals surface area contributed by atoms with Crippen molar-refractivity contribution >= 4 is 5.91 Å². The summed E-state index contributed by atoms with van der Waals surface area (Å²) in [6.07, 6.45) is 2.93. The van der Waals surface area contributed by atoms with E-state index in [-0.39, 0.29) is 12.5 Å². The molecule has 2 aliphatic heterocycles. The fraction of sp³-hybridized carbons (Fsp3) is 0.923. The largest absolute Gasteiger partial charge is 0.393 e. The molecule has 0 aromatic carbocycles. The number of hydrogen-bond acceptors (Lipinski definition) is 4. The summed E-state index contributed by atoms with van der Waals surface area (Å²) < 4.78 is 0. The van der Waals surface area contributed by atoms with E-state index in [0.29, 0.717) is 25.2 Å². The first-order valence-corrected chi connectivity index (χ1v) is 6.82. The molecule has 0 aromatic rings. The van der Waals surface area contributed by atoms with Crippen LogP contribution in [0.5, 0.6) is 0 Å². The molecule has 2 rings (SSSR count). The van der Waals surface area contributed by atoms with Gasteiger partial charge in [-0.3, -0.25) is 4.79 Å². The van der Waals surface area contributed by atoms with E-state index in [0.717, 1.165) is 32.6 Å². The van der Waals surface area contributed by atoms with Crippen LogP contribution < -0.4 is 0 Å². The highest BCUT2D eigenvalue weighted by Gasteiger charge is 2.33. The average Bonchev–Trinajstić information content (AvgIpc) is 2.37. The van der Waals surface area contributed by atoms with Gasteiger partial charge in [-0.25, -0.2) is 0 Å². The van der Waals surface area contributed by atoms with Crippen LogP contribution in [0, 0.1) is 5.92 Å². The van der Waals surface area contributed by atoms with Gasteiger partial charge in [-0.2, -0.15) is 0 Å². The zero-order chi connectivity index (χ0) is 13.2. The highest BCUT2D eigenvalue weighted by atomic mass is 16.3. The number of piperidine rings is 2. The minimum absolute atomic E-state index is 0.137. The van der Waals surface area contributed by atoms with Crippen LogP contribution >= 0.6 is 0 Å². The molecule has 0 bridgehead atoms. The van der Waals surface area contributed by atoms with Gasteiger partial charge in [-0.05, 0) is 25.2 Å². The van der Waals surface area contributed by atoms with Crippen LogP contribution in [0.4, 0.5) is 0 Å². The van der Waals surface area contributed by atoms with E-state index in [1.807, 2.05) is 11.9 Å². The number of rotatable bonds is 3. The first kappa shape index (κ1) is 13.8. The monoisotopic (exact) mass is 256 g/mol. The summed E-state index contributed by atoms with van der Waals surface area (Å²) in [5, 5.41) is 19.1. The predicted octanol–water partition coefficient (Wildman–Crippen LogP) is -0.326. The van der Waals surface area contributed by atoms with Gasteiger partial charge in [-0.1, -0.05) is 0 Å². The molecule has 2 heterocycles. The molecule has 0 radical (unpaired) electrons. The second kappa shape index (κ2) is 5.55. The van der Waals surface area contributed by atoms with Crippen molar-refractivity contribution in [1.29, 1.82) is 0 Å². The quantitative estimate of drug-likeness (QED) is 0.726. The van der Waals surface area contributed by atoms with Crippen molar-refractivity contribution in [2.45, 2.75) is 31.3 Å². The number of carbonyl (C=O) groups excluding carboxylic acids is 1. The molecule has 0 aromatic heterocycles. The fourth-order valence-electron chi connectivity index (χ4n) is 2.92. The topological polar surface area (TPSA) is 64.0 Å². The number of nitrogens with zero attached hydrogens (tertiary/aromatic N) is 2. The number of amides is 1. The van der Waals surface area contributed by atoms with Crippen LogP contribution in [-0.2, 0) is 4.79 Å². The Morgan fingerprint density at radius 1 is 1.39 bits per heavy atom. The van der Waals surface area contributed by atoms with Crippen molar-refractivity contribution in [2.24, 2.45) is 5.92 Å². The Bertz CT molecular complexity index is 301. The Balaban J connectivity index is 1.77. The summed E-state index contributed by atoms with van der Waals surface area (Å²) in [6, 6.07) is 0. The predicted molar refractivity (Wildman–Crippen MR) is 68.1 cm³/mol. The maximum absolute atomic E-state index is 11.4. The summed E-state index contributed by atoms with van der Waals surface area (Å²) >= 11 is 0. The minimum Gasteiger partial charge on any atom is -0.393 e. The second-order valence-corrected chi connectivity index (χ2v) is 5.86. The van der Waals surface area contributed by atoms with E-state index in [4.69, 9.17) is 5.11 Å². The van der Waals surface area contributed by atoms with E-state index in [1.165, 1.54) is 0 Å². The standard InChI is InChI=1S/C13H24N2O3/c1-14-8-11(2-3-12(14)17)9-15-6-4-13(18,10-16)5-7-15/h11,16,18H,2-10H2,1H3. The van der Waals surface area contributed by atoms with Gasteiger partial charge < -0.3 is 20.0 Å². The van der Waals surface area contributed by atoms with Gasteiger partial charge in [0.2, 0.25) is 5.91 Å². The van der Waals surface area contributed by atoms with Crippen molar-refractivity contribution in [3.05, 3.63) is 0 Å². The molecule has 0 spiro atoms. The molecule has 5 nitrogen and oxygen atoms in total. The zero-order valence-corrected chi connectivity index (χ0v) is 11.1. The average molecular weight is 256 g/mol. The minimum atomic E-state index is -0.865. The molecule has 18 heavy (non-hydrogen) atoms. The van der Waals surface area contributed by atoms with Gasteiger partial charge in [0.15, 0.2) is 0 Å². The first-order chi connectivity index (χ1) is 8.52. The molecule has 104 valence electrons. The van der Waals surface area contributed by atoms with Crippen molar-refractivity contribution in [3.63, 3.8) is 0 Å². The third kappa shape index (κ3) is 3.22. The van der Waals surface area contributed by atoms with Crippen LogP contribution in [0.3, 0.4) is 0 Å². The second-order valence-electron chi connectivity index (χ2n) is 5.86. The van der Waals surface area contributed by atoms with Crippen molar-refractivity contribution in [3.8, 4) is 0 Å². The van der Waals surface area contributed by atoms with Crippen LogP contribution in [0.15, 0.2) is 0 Å². The van der Waals surface area contributed by atoms with Gasteiger partial charge in [0, 0.05) is 39.6 Å². The Hall–Kier alpha value is -0.650. The van der Waals surface area contributed by atoms with Gasteiger partial charge in [0.05, 0.1) is 12.2 Å². The van der Waals surface area contributed by atoms with Crippen molar-refractivity contribution in [2.75, 3.05) is 39.8 Å². The Morgan fingerprint density at radius 2 is 2.06 bits per heavy atom. The lowest BCUT2D eigenvalue weighted by atomic mass is 9.90. The van der Waals surface area contributed by atoms with E-state index in [1.54, 1.807) is 0 Å². The van der Waals surface area contributed by atoms with Crippen molar-refractivity contribution in [1.82, 2.24) is 9.80 Å². The fourth-order valence-corrected chi connectivity index (χ4v) is 2.92. The van der Waals surface area contributed by atoms with Gasteiger partial charge in [0.1, 0.15) is 0 Å². The third-order valence-electron chi connectivity index (χ3n) is 4.32.